The minimum Gasteiger partial charge on any atom is -0.497 e. The molecule has 6 nitrogen and oxygen atoms in total. The maximum Gasteiger partial charge on any atom is 0.242 e. The fourth-order valence-electron chi connectivity index (χ4n) is 2.24. The van der Waals surface area contributed by atoms with Gasteiger partial charge in [0, 0.05) is 5.56 Å². The Hall–Kier alpha value is -2.67. The van der Waals surface area contributed by atoms with Gasteiger partial charge in [-0.1, -0.05) is 28.9 Å². The van der Waals surface area contributed by atoms with Gasteiger partial charge < -0.3 is 9.26 Å². The summed E-state index contributed by atoms with van der Waals surface area (Å²) in [5, 5.41) is 3.86. The first-order valence-corrected chi connectivity index (χ1v) is 8.89. The molecule has 0 bridgehead atoms. The van der Waals surface area contributed by atoms with Gasteiger partial charge in [-0.3, -0.25) is 0 Å². The van der Waals surface area contributed by atoms with E-state index >= 15 is 0 Å². The summed E-state index contributed by atoms with van der Waals surface area (Å²) in [6, 6.07) is 13.8. The zero-order valence-corrected chi connectivity index (χ0v) is 14.1. The van der Waals surface area contributed by atoms with Crippen molar-refractivity contribution >= 4 is 9.84 Å². The number of sulfone groups is 1. The molecule has 0 aliphatic carbocycles. The highest BCUT2D eigenvalue weighted by atomic mass is 32.2. The van der Waals surface area contributed by atoms with Crippen LogP contribution in [-0.4, -0.2) is 25.7 Å². The van der Waals surface area contributed by atoms with Gasteiger partial charge in [0.15, 0.2) is 9.84 Å². The lowest BCUT2D eigenvalue weighted by Gasteiger charge is -2.03. The van der Waals surface area contributed by atoms with Crippen molar-refractivity contribution in [2.24, 2.45) is 0 Å². The Bertz CT molecular complexity index is 947. The van der Waals surface area contributed by atoms with Gasteiger partial charge in [0.2, 0.25) is 11.7 Å². The quantitative estimate of drug-likeness (QED) is 0.707. The maximum atomic E-state index is 12.4. The second kappa shape index (κ2) is 6.45. The van der Waals surface area contributed by atoms with Crippen molar-refractivity contribution in [3.8, 4) is 17.1 Å². The Balaban J connectivity index is 1.83. The van der Waals surface area contributed by atoms with Crippen molar-refractivity contribution in [3.05, 3.63) is 60.0 Å². The second-order valence-corrected chi connectivity index (χ2v) is 7.31. The lowest BCUT2D eigenvalue weighted by Crippen LogP contribution is -2.05. The molecule has 0 spiro atoms. The van der Waals surface area contributed by atoms with E-state index in [4.69, 9.17) is 9.26 Å². The summed E-state index contributed by atoms with van der Waals surface area (Å²) < 4.78 is 35.0. The molecule has 0 atom stereocenters. The molecule has 3 aromatic rings. The van der Waals surface area contributed by atoms with Gasteiger partial charge in [-0.15, -0.1) is 0 Å². The van der Waals surface area contributed by atoms with E-state index in [2.05, 4.69) is 10.1 Å². The molecule has 1 heterocycles. The van der Waals surface area contributed by atoms with E-state index in [1.54, 1.807) is 12.1 Å². The third-order valence-electron chi connectivity index (χ3n) is 3.48. The predicted molar refractivity (Wildman–Crippen MR) is 88.4 cm³/mol. The molecule has 0 radical (unpaired) electrons. The number of hydrogen-bond acceptors (Lipinski definition) is 6. The molecule has 1 aromatic heterocycles. The molecule has 0 saturated heterocycles. The molecule has 3 rings (SSSR count). The van der Waals surface area contributed by atoms with Crippen molar-refractivity contribution in [3.63, 3.8) is 0 Å². The van der Waals surface area contributed by atoms with Gasteiger partial charge in [-0.25, -0.2) is 8.42 Å². The summed E-state index contributed by atoms with van der Waals surface area (Å²) in [4.78, 5) is 4.36. The smallest absolute Gasteiger partial charge is 0.242 e. The SMILES string of the molecule is COc1ccc(S(=O)(=O)Cc2nc(-c3cccc(C)c3)no2)cc1. The molecule has 0 saturated carbocycles. The Morgan fingerprint density at radius 1 is 1.12 bits per heavy atom. The first kappa shape index (κ1) is 16.2. The van der Waals surface area contributed by atoms with Crippen molar-refractivity contribution in [1.82, 2.24) is 10.1 Å². The first-order valence-electron chi connectivity index (χ1n) is 7.24. The Labute approximate surface area is 140 Å². The summed E-state index contributed by atoms with van der Waals surface area (Å²) in [6.45, 7) is 1.96. The average Bonchev–Trinajstić information content (AvgIpc) is 3.03. The van der Waals surface area contributed by atoms with Crippen molar-refractivity contribution in [1.29, 1.82) is 0 Å². The Morgan fingerprint density at radius 3 is 2.54 bits per heavy atom. The summed E-state index contributed by atoms with van der Waals surface area (Å²) in [7, 11) is -2.04. The molecular formula is C17H16N2O4S. The van der Waals surface area contributed by atoms with Gasteiger partial charge >= 0.3 is 0 Å². The van der Waals surface area contributed by atoms with Crippen LogP contribution in [0.5, 0.6) is 5.75 Å². The molecule has 0 aliphatic heterocycles. The summed E-state index contributed by atoms with van der Waals surface area (Å²) in [6.07, 6.45) is 0. The molecule has 2 aromatic carbocycles. The summed E-state index contributed by atoms with van der Waals surface area (Å²) in [5.41, 5.74) is 1.84. The fraction of sp³-hybridized carbons (Fsp3) is 0.176. The highest BCUT2D eigenvalue weighted by Crippen LogP contribution is 2.21. The van der Waals surface area contributed by atoms with Crippen LogP contribution in [0.2, 0.25) is 0 Å². The van der Waals surface area contributed by atoms with Gasteiger partial charge in [0.25, 0.3) is 0 Å². The number of benzene rings is 2. The largest absolute Gasteiger partial charge is 0.497 e. The number of ether oxygens (including phenoxy) is 1. The third-order valence-corrected chi connectivity index (χ3v) is 5.09. The monoisotopic (exact) mass is 344 g/mol. The minimum absolute atomic E-state index is 0.0577. The highest BCUT2D eigenvalue weighted by molar-refractivity contribution is 7.90. The first-order chi connectivity index (χ1) is 11.5. The van der Waals surface area contributed by atoms with E-state index in [0.717, 1.165) is 11.1 Å². The molecular weight excluding hydrogens is 328 g/mol. The van der Waals surface area contributed by atoms with Crippen LogP contribution < -0.4 is 4.74 Å². The maximum absolute atomic E-state index is 12.4. The fourth-order valence-corrected chi connectivity index (χ4v) is 3.40. The van der Waals surface area contributed by atoms with E-state index < -0.39 is 9.84 Å². The molecule has 0 fully saturated rings. The van der Waals surface area contributed by atoms with E-state index in [1.165, 1.54) is 19.2 Å². The van der Waals surface area contributed by atoms with Gasteiger partial charge in [-0.05, 0) is 37.3 Å². The van der Waals surface area contributed by atoms with Gasteiger partial charge in [0.05, 0.1) is 12.0 Å². The zero-order valence-electron chi connectivity index (χ0n) is 13.3. The standard InChI is InChI=1S/C17H16N2O4S/c1-12-4-3-5-13(10-12)17-18-16(23-19-17)11-24(20,21)15-8-6-14(22-2)7-9-15/h3-10H,11H2,1-2H3. The topological polar surface area (TPSA) is 82.3 Å². The molecule has 0 unspecified atom stereocenters. The van der Waals surface area contributed by atoms with Crippen molar-refractivity contribution in [2.75, 3.05) is 7.11 Å². The second-order valence-electron chi connectivity index (χ2n) is 5.32. The number of rotatable bonds is 5. The van der Waals surface area contributed by atoms with Crippen molar-refractivity contribution in [2.45, 2.75) is 17.6 Å². The molecule has 0 amide bonds. The van der Waals surface area contributed by atoms with Crippen LogP contribution in [0, 0.1) is 6.92 Å². The Kier molecular flexibility index (Phi) is 4.35. The average molecular weight is 344 g/mol. The third kappa shape index (κ3) is 3.46. The molecule has 0 aliphatic rings. The lowest BCUT2D eigenvalue weighted by atomic mass is 10.1. The van der Waals surface area contributed by atoms with Crippen LogP contribution in [0.4, 0.5) is 0 Å². The number of hydrogen-bond donors (Lipinski definition) is 0. The Morgan fingerprint density at radius 2 is 1.88 bits per heavy atom. The minimum atomic E-state index is -3.57. The summed E-state index contributed by atoms with van der Waals surface area (Å²) >= 11 is 0. The van der Waals surface area contributed by atoms with E-state index in [9.17, 15) is 8.42 Å². The highest BCUT2D eigenvalue weighted by Gasteiger charge is 2.20. The molecule has 0 N–H and O–H groups in total. The van der Waals surface area contributed by atoms with Crippen LogP contribution >= 0.6 is 0 Å². The van der Waals surface area contributed by atoms with Crippen LogP contribution in [0.15, 0.2) is 57.9 Å². The van der Waals surface area contributed by atoms with Crippen LogP contribution in [0.25, 0.3) is 11.4 Å². The normalized spacial score (nSPS) is 11.4. The van der Waals surface area contributed by atoms with Gasteiger partial charge in [0.1, 0.15) is 11.5 Å². The van der Waals surface area contributed by atoms with E-state index in [1.807, 2.05) is 31.2 Å². The predicted octanol–water partition coefficient (Wildman–Crippen LogP) is 3.03. The van der Waals surface area contributed by atoms with Crippen LogP contribution in [-0.2, 0) is 15.6 Å². The summed E-state index contributed by atoms with van der Waals surface area (Å²) in [5.74, 6) is 0.674. The molecule has 7 heteroatoms. The van der Waals surface area contributed by atoms with Crippen LogP contribution in [0.3, 0.4) is 0 Å². The zero-order chi connectivity index (χ0) is 17.2. The van der Waals surface area contributed by atoms with Crippen LogP contribution in [0.1, 0.15) is 11.5 Å². The number of aromatic nitrogens is 2. The van der Waals surface area contributed by atoms with Gasteiger partial charge in [-0.2, -0.15) is 4.98 Å². The molecule has 24 heavy (non-hydrogen) atoms. The lowest BCUT2D eigenvalue weighted by molar-refractivity contribution is 0.389. The van der Waals surface area contributed by atoms with E-state index in [-0.39, 0.29) is 16.5 Å². The molecule has 124 valence electrons. The number of aryl methyl sites for hydroxylation is 1. The van der Waals surface area contributed by atoms with E-state index in [0.29, 0.717) is 11.6 Å². The number of nitrogens with zero attached hydrogens (tertiary/aromatic N) is 2. The van der Waals surface area contributed by atoms with Crippen molar-refractivity contribution < 1.29 is 17.7 Å². The number of methoxy groups -OCH3 is 1.